The van der Waals surface area contributed by atoms with Crippen LogP contribution in [-0.2, 0) is 0 Å². The maximum absolute atomic E-state index is 12.9. The number of tetrazole rings is 1. The van der Waals surface area contributed by atoms with Crippen LogP contribution in [0.3, 0.4) is 0 Å². The molecule has 0 aliphatic heterocycles. The highest BCUT2D eigenvalue weighted by molar-refractivity contribution is 5.95. The van der Waals surface area contributed by atoms with E-state index in [0.717, 1.165) is 18.7 Å². The van der Waals surface area contributed by atoms with Gasteiger partial charge in [0.15, 0.2) is 5.82 Å². The van der Waals surface area contributed by atoms with Crippen LogP contribution in [0.25, 0.3) is 5.69 Å². The number of methoxy groups -OCH3 is 1. The Morgan fingerprint density at radius 2 is 2.18 bits per heavy atom. The molecule has 146 valence electrons. The van der Waals surface area contributed by atoms with Gasteiger partial charge >= 0.3 is 0 Å². The molecule has 2 heterocycles. The molecular formula is C18H21N7O3. The Bertz CT molecular complexity index is 963. The quantitative estimate of drug-likeness (QED) is 0.658. The van der Waals surface area contributed by atoms with E-state index < -0.39 is 0 Å². The molecule has 10 heteroatoms. The molecule has 1 aliphatic rings. The summed E-state index contributed by atoms with van der Waals surface area (Å²) >= 11 is 0. The van der Waals surface area contributed by atoms with Crippen LogP contribution < -0.4 is 10.1 Å². The third kappa shape index (κ3) is 3.57. The molecule has 1 saturated carbocycles. The fourth-order valence-corrected chi connectivity index (χ4v) is 2.90. The summed E-state index contributed by atoms with van der Waals surface area (Å²) in [6.45, 7) is 3.99. The predicted octanol–water partition coefficient (Wildman–Crippen LogP) is 2.06. The highest BCUT2D eigenvalue weighted by Crippen LogP contribution is 2.38. The van der Waals surface area contributed by atoms with Crippen molar-refractivity contribution in [3.63, 3.8) is 0 Å². The highest BCUT2D eigenvalue weighted by atomic mass is 16.5. The van der Waals surface area contributed by atoms with Crippen LogP contribution in [-0.4, -0.2) is 43.4 Å². The predicted molar refractivity (Wildman–Crippen MR) is 97.0 cm³/mol. The Kier molecular flexibility index (Phi) is 4.76. The van der Waals surface area contributed by atoms with Gasteiger partial charge in [0, 0.05) is 11.5 Å². The van der Waals surface area contributed by atoms with Gasteiger partial charge < -0.3 is 14.6 Å². The Labute approximate surface area is 161 Å². The first kappa shape index (κ1) is 18.1. The van der Waals surface area contributed by atoms with E-state index in [1.54, 1.807) is 25.3 Å². The van der Waals surface area contributed by atoms with E-state index in [1.807, 2.05) is 13.8 Å². The van der Waals surface area contributed by atoms with Crippen molar-refractivity contribution in [2.45, 2.75) is 38.6 Å². The summed E-state index contributed by atoms with van der Waals surface area (Å²) in [4.78, 5) is 17.4. The minimum atomic E-state index is -0.383. The zero-order valence-electron chi connectivity index (χ0n) is 15.9. The normalized spacial score (nSPS) is 14.9. The van der Waals surface area contributed by atoms with E-state index in [2.05, 4.69) is 31.0 Å². The number of amides is 1. The van der Waals surface area contributed by atoms with Crippen molar-refractivity contribution in [1.29, 1.82) is 0 Å². The lowest BCUT2D eigenvalue weighted by Gasteiger charge is -2.19. The number of rotatable bonds is 7. The second-order valence-corrected chi connectivity index (χ2v) is 7.10. The van der Waals surface area contributed by atoms with Crippen LogP contribution in [0.1, 0.15) is 60.7 Å². The van der Waals surface area contributed by atoms with Gasteiger partial charge in [-0.3, -0.25) is 4.79 Å². The van der Waals surface area contributed by atoms with Gasteiger partial charge in [0.05, 0.1) is 7.11 Å². The van der Waals surface area contributed by atoms with E-state index in [9.17, 15) is 4.79 Å². The summed E-state index contributed by atoms with van der Waals surface area (Å²) in [5.74, 6) is 1.91. The molecule has 28 heavy (non-hydrogen) atoms. The maximum Gasteiger partial charge on any atom is 0.252 e. The van der Waals surface area contributed by atoms with Crippen LogP contribution in [0.2, 0.25) is 0 Å². The van der Waals surface area contributed by atoms with Crippen LogP contribution in [0.4, 0.5) is 0 Å². The summed E-state index contributed by atoms with van der Waals surface area (Å²) in [6, 6.07) is 4.67. The number of nitrogens with zero attached hydrogens (tertiary/aromatic N) is 6. The van der Waals surface area contributed by atoms with E-state index in [-0.39, 0.29) is 17.9 Å². The first-order valence-corrected chi connectivity index (χ1v) is 9.12. The second-order valence-electron chi connectivity index (χ2n) is 7.10. The summed E-state index contributed by atoms with van der Waals surface area (Å²) in [6.07, 6.45) is 3.61. The standard InChI is InChI=1S/C18H21N7O3/c1-10(2)15(18-21-16(22-28-18)11-4-5-11)20-17(26)12-6-7-14(27-3)13(8-12)25-9-19-23-24-25/h6-11,15H,4-5H2,1-3H3,(H,20,26). The van der Waals surface area contributed by atoms with Crippen molar-refractivity contribution < 1.29 is 14.1 Å². The van der Waals surface area contributed by atoms with Crippen molar-refractivity contribution in [3.8, 4) is 11.4 Å². The van der Waals surface area contributed by atoms with Gasteiger partial charge in [-0.1, -0.05) is 19.0 Å². The number of ether oxygens (including phenoxy) is 1. The van der Waals surface area contributed by atoms with Crippen molar-refractivity contribution in [2.24, 2.45) is 5.92 Å². The second kappa shape index (κ2) is 7.37. The molecule has 2 aromatic heterocycles. The summed E-state index contributed by atoms with van der Waals surface area (Å²) < 4.78 is 12.2. The lowest BCUT2D eigenvalue weighted by molar-refractivity contribution is 0.0914. The topological polar surface area (TPSA) is 121 Å². The fraction of sp³-hybridized carbons (Fsp3) is 0.444. The Hall–Kier alpha value is -3.30. The smallest absolute Gasteiger partial charge is 0.252 e. The number of carbonyl (C=O) groups is 1. The van der Waals surface area contributed by atoms with Gasteiger partial charge in [-0.05, 0) is 47.4 Å². The number of hydrogen-bond donors (Lipinski definition) is 1. The highest BCUT2D eigenvalue weighted by Gasteiger charge is 2.31. The molecule has 4 rings (SSSR count). The van der Waals surface area contributed by atoms with Crippen LogP contribution >= 0.6 is 0 Å². The molecule has 1 fully saturated rings. The first-order valence-electron chi connectivity index (χ1n) is 9.12. The molecule has 1 atom stereocenters. The summed E-state index contributed by atoms with van der Waals surface area (Å²) in [5, 5.41) is 18.2. The minimum absolute atomic E-state index is 0.0775. The van der Waals surface area contributed by atoms with Gasteiger partial charge in [-0.2, -0.15) is 9.67 Å². The summed E-state index contributed by atoms with van der Waals surface area (Å²) in [5.41, 5.74) is 1.01. The molecule has 0 bridgehead atoms. The van der Waals surface area contributed by atoms with E-state index in [0.29, 0.717) is 28.8 Å². The average molecular weight is 383 g/mol. The van der Waals surface area contributed by atoms with Crippen molar-refractivity contribution in [3.05, 3.63) is 41.8 Å². The molecule has 1 unspecified atom stereocenters. The summed E-state index contributed by atoms with van der Waals surface area (Å²) in [7, 11) is 1.55. The molecule has 0 saturated heterocycles. The molecule has 10 nitrogen and oxygen atoms in total. The zero-order valence-corrected chi connectivity index (χ0v) is 15.9. The molecule has 1 amide bonds. The van der Waals surface area contributed by atoms with Gasteiger partial charge in [0.25, 0.3) is 5.91 Å². The van der Waals surface area contributed by atoms with Gasteiger partial charge in [-0.25, -0.2) is 0 Å². The third-order valence-electron chi connectivity index (χ3n) is 4.66. The molecule has 1 N–H and O–H groups in total. The molecule has 1 aromatic carbocycles. The molecular weight excluding hydrogens is 362 g/mol. The van der Waals surface area contributed by atoms with Crippen LogP contribution in [0, 0.1) is 5.92 Å². The first-order chi connectivity index (χ1) is 13.6. The van der Waals surface area contributed by atoms with E-state index >= 15 is 0 Å². The monoisotopic (exact) mass is 383 g/mol. The van der Waals surface area contributed by atoms with Crippen molar-refractivity contribution in [2.75, 3.05) is 7.11 Å². The maximum atomic E-state index is 12.9. The largest absolute Gasteiger partial charge is 0.494 e. The van der Waals surface area contributed by atoms with E-state index in [4.69, 9.17) is 9.26 Å². The lowest BCUT2D eigenvalue weighted by Crippen LogP contribution is -2.32. The molecule has 0 radical (unpaired) electrons. The molecule has 3 aromatic rings. The number of benzene rings is 1. The lowest BCUT2D eigenvalue weighted by atomic mass is 10.0. The number of hydrogen-bond acceptors (Lipinski definition) is 8. The minimum Gasteiger partial charge on any atom is -0.494 e. The Balaban J connectivity index is 1.58. The molecule has 0 spiro atoms. The van der Waals surface area contributed by atoms with Crippen molar-refractivity contribution in [1.82, 2.24) is 35.7 Å². The SMILES string of the molecule is COc1ccc(C(=O)NC(c2nc(C3CC3)no2)C(C)C)cc1-n1cnnn1. The fourth-order valence-electron chi connectivity index (χ4n) is 2.90. The third-order valence-corrected chi connectivity index (χ3v) is 4.66. The Morgan fingerprint density at radius 3 is 2.82 bits per heavy atom. The molecule has 1 aliphatic carbocycles. The number of nitrogens with one attached hydrogen (secondary N) is 1. The average Bonchev–Trinajstić information content (AvgIpc) is 3.20. The van der Waals surface area contributed by atoms with E-state index in [1.165, 1.54) is 11.0 Å². The number of carbonyl (C=O) groups excluding carboxylic acids is 1. The van der Waals surface area contributed by atoms with Crippen molar-refractivity contribution >= 4 is 5.91 Å². The number of aromatic nitrogens is 6. The van der Waals surface area contributed by atoms with Crippen LogP contribution in [0.5, 0.6) is 5.75 Å². The van der Waals surface area contributed by atoms with Gasteiger partial charge in [-0.15, -0.1) is 5.10 Å². The van der Waals surface area contributed by atoms with Gasteiger partial charge in [0.1, 0.15) is 23.8 Å². The Morgan fingerprint density at radius 1 is 1.36 bits per heavy atom. The van der Waals surface area contributed by atoms with Gasteiger partial charge in [0.2, 0.25) is 5.89 Å². The van der Waals surface area contributed by atoms with Crippen LogP contribution in [0.15, 0.2) is 29.0 Å². The zero-order chi connectivity index (χ0) is 19.7.